The van der Waals surface area contributed by atoms with Crippen molar-refractivity contribution in [1.82, 2.24) is 4.90 Å². The summed E-state index contributed by atoms with van der Waals surface area (Å²) in [4.78, 5) is 13.1. The lowest BCUT2D eigenvalue weighted by molar-refractivity contribution is -0.213. The number of hydrogen-bond donors (Lipinski definition) is 1. The maximum absolute atomic E-state index is 10.9. The Morgan fingerprint density at radius 3 is 2.91 bits per heavy atom. The van der Waals surface area contributed by atoms with Gasteiger partial charge in [0.15, 0.2) is 5.78 Å². The molecule has 2 rings (SSSR count). The number of ketones is 1. The van der Waals surface area contributed by atoms with E-state index >= 15 is 0 Å². The highest BCUT2D eigenvalue weighted by molar-refractivity contribution is 7.81. The van der Waals surface area contributed by atoms with Gasteiger partial charge in [-0.3, -0.25) is 9.69 Å². The van der Waals surface area contributed by atoms with Crippen LogP contribution in [0.3, 0.4) is 0 Å². The minimum atomic E-state index is 0.207. The van der Waals surface area contributed by atoms with E-state index in [9.17, 15) is 4.79 Å². The van der Waals surface area contributed by atoms with Crippen LogP contribution in [0.15, 0.2) is 0 Å². The number of Topliss-reactive ketones (excluding diaryl/α,β-unsaturated/α-hetero) is 1. The molecule has 62 valence electrons. The molecule has 2 aliphatic heterocycles. The maximum atomic E-state index is 10.9. The number of ether oxygens (including phenoxy) is 1. The van der Waals surface area contributed by atoms with Gasteiger partial charge in [-0.05, 0) is 0 Å². The van der Waals surface area contributed by atoms with E-state index in [1.165, 1.54) is 0 Å². The average Bonchev–Trinajstić information content (AvgIpc) is 1.98. The topological polar surface area (TPSA) is 29.5 Å². The molecule has 0 aliphatic carbocycles. The SMILES string of the molecule is O=C(CS)CN1CC2OCC21. The number of fused-ring (bicyclic) bond motifs is 1. The van der Waals surface area contributed by atoms with Gasteiger partial charge in [0.05, 0.1) is 31.1 Å². The van der Waals surface area contributed by atoms with Gasteiger partial charge < -0.3 is 4.74 Å². The second-order valence-electron chi connectivity index (χ2n) is 3.07. The summed E-state index contributed by atoms with van der Waals surface area (Å²) in [6.45, 7) is 2.31. The molecule has 0 aromatic carbocycles. The van der Waals surface area contributed by atoms with E-state index in [1.807, 2.05) is 0 Å². The van der Waals surface area contributed by atoms with Crippen LogP contribution in [-0.2, 0) is 9.53 Å². The number of rotatable bonds is 3. The van der Waals surface area contributed by atoms with Crippen molar-refractivity contribution in [2.45, 2.75) is 12.1 Å². The van der Waals surface area contributed by atoms with Gasteiger partial charge in [-0.15, -0.1) is 0 Å². The van der Waals surface area contributed by atoms with E-state index in [1.54, 1.807) is 0 Å². The molecule has 0 spiro atoms. The van der Waals surface area contributed by atoms with Crippen LogP contribution in [-0.4, -0.2) is 48.3 Å². The van der Waals surface area contributed by atoms with E-state index in [0.29, 0.717) is 24.4 Å². The van der Waals surface area contributed by atoms with Crippen molar-refractivity contribution in [3.05, 3.63) is 0 Å². The highest BCUT2D eigenvalue weighted by Crippen LogP contribution is 2.29. The normalized spacial score (nSPS) is 35.4. The number of likely N-dealkylation sites (tertiary alicyclic amines) is 1. The minimum absolute atomic E-state index is 0.207. The molecule has 0 aromatic rings. The van der Waals surface area contributed by atoms with Crippen LogP contribution < -0.4 is 0 Å². The Balaban J connectivity index is 1.76. The third-order valence-corrected chi connectivity index (χ3v) is 2.70. The molecule has 2 unspecified atom stereocenters. The predicted octanol–water partition coefficient (Wildman–Crippen LogP) is -0.432. The Morgan fingerprint density at radius 2 is 2.55 bits per heavy atom. The number of carbonyl (C=O) groups excluding carboxylic acids is 1. The van der Waals surface area contributed by atoms with Gasteiger partial charge in [-0.25, -0.2) is 0 Å². The zero-order valence-corrected chi connectivity index (χ0v) is 7.09. The highest BCUT2D eigenvalue weighted by atomic mass is 32.1. The van der Waals surface area contributed by atoms with E-state index in [4.69, 9.17) is 4.74 Å². The van der Waals surface area contributed by atoms with Crippen LogP contribution in [0, 0.1) is 0 Å². The first kappa shape index (κ1) is 7.58. The average molecular weight is 173 g/mol. The molecule has 0 radical (unpaired) electrons. The van der Waals surface area contributed by atoms with Crippen LogP contribution in [0.5, 0.6) is 0 Å². The number of thiol groups is 1. The van der Waals surface area contributed by atoms with Crippen molar-refractivity contribution in [2.75, 3.05) is 25.4 Å². The summed E-state index contributed by atoms with van der Waals surface area (Å²) in [5.74, 6) is 0.563. The molecule has 0 aromatic heterocycles. The highest BCUT2D eigenvalue weighted by Gasteiger charge is 2.47. The summed E-state index contributed by atoms with van der Waals surface area (Å²) in [5.41, 5.74) is 0. The second-order valence-corrected chi connectivity index (χ2v) is 3.38. The molecule has 0 amide bonds. The predicted molar refractivity (Wildman–Crippen MR) is 44.0 cm³/mol. The summed E-state index contributed by atoms with van der Waals surface area (Å²) in [6, 6.07) is 0.541. The lowest BCUT2D eigenvalue weighted by Crippen LogP contribution is -2.71. The molecular formula is C7H11NO2S. The molecule has 2 fully saturated rings. The lowest BCUT2D eigenvalue weighted by Gasteiger charge is -2.54. The Kier molecular flexibility index (Phi) is 1.91. The Morgan fingerprint density at radius 1 is 1.73 bits per heavy atom. The standard InChI is InChI=1S/C7H11NO2S/c9-5(4-11)1-8-2-7-6(8)3-10-7/h6-7,11H,1-4H2. The Bertz CT molecular complexity index is 185. The molecule has 4 heteroatoms. The fourth-order valence-corrected chi connectivity index (χ4v) is 1.62. The van der Waals surface area contributed by atoms with Crippen molar-refractivity contribution < 1.29 is 9.53 Å². The van der Waals surface area contributed by atoms with E-state index in [-0.39, 0.29) is 5.78 Å². The van der Waals surface area contributed by atoms with E-state index in [0.717, 1.165) is 13.2 Å². The van der Waals surface area contributed by atoms with Crippen molar-refractivity contribution in [1.29, 1.82) is 0 Å². The van der Waals surface area contributed by atoms with Crippen molar-refractivity contribution >= 4 is 18.4 Å². The van der Waals surface area contributed by atoms with Crippen LogP contribution in [0.25, 0.3) is 0 Å². The van der Waals surface area contributed by atoms with Crippen molar-refractivity contribution in [3.63, 3.8) is 0 Å². The van der Waals surface area contributed by atoms with E-state index < -0.39 is 0 Å². The van der Waals surface area contributed by atoms with Crippen LogP contribution >= 0.6 is 12.6 Å². The van der Waals surface area contributed by atoms with Crippen molar-refractivity contribution in [3.8, 4) is 0 Å². The molecule has 3 nitrogen and oxygen atoms in total. The second kappa shape index (κ2) is 2.77. The summed E-state index contributed by atoms with van der Waals surface area (Å²) in [5, 5.41) is 0. The Hall–Kier alpha value is -0.0600. The maximum Gasteiger partial charge on any atom is 0.156 e. The number of hydrogen-bond acceptors (Lipinski definition) is 4. The summed E-state index contributed by atoms with van der Waals surface area (Å²) in [7, 11) is 0. The molecule has 2 atom stereocenters. The van der Waals surface area contributed by atoms with Gasteiger partial charge in [0.2, 0.25) is 0 Å². The largest absolute Gasteiger partial charge is 0.373 e. The third-order valence-electron chi connectivity index (χ3n) is 2.35. The fraction of sp³-hybridized carbons (Fsp3) is 0.857. The third kappa shape index (κ3) is 1.19. The molecule has 2 saturated heterocycles. The van der Waals surface area contributed by atoms with Gasteiger partial charge in [0.25, 0.3) is 0 Å². The van der Waals surface area contributed by atoms with Crippen LogP contribution in [0.1, 0.15) is 0 Å². The summed E-state index contributed by atoms with van der Waals surface area (Å²) >= 11 is 3.92. The van der Waals surface area contributed by atoms with Crippen LogP contribution in [0.4, 0.5) is 0 Å². The molecule has 0 N–H and O–H groups in total. The molecule has 2 heterocycles. The van der Waals surface area contributed by atoms with Gasteiger partial charge in [0.1, 0.15) is 0 Å². The summed E-state index contributed by atoms with van der Waals surface area (Å²) < 4.78 is 5.20. The van der Waals surface area contributed by atoms with Crippen molar-refractivity contribution in [2.24, 2.45) is 0 Å². The molecule has 0 bridgehead atoms. The molecule has 0 saturated carbocycles. The number of morpholine rings is 1. The number of nitrogens with zero attached hydrogens (tertiary/aromatic N) is 1. The van der Waals surface area contributed by atoms with E-state index in [2.05, 4.69) is 17.5 Å². The first-order valence-corrected chi connectivity index (χ1v) is 4.42. The quantitative estimate of drug-likeness (QED) is 0.587. The molecular weight excluding hydrogens is 162 g/mol. The first-order valence-electron chi connectivity index (χ1n) is 3.79. The van der Waals surface area contributed by atoms with Gasteiger partial charge in [-0.1, -0.05) is 0 Å². The lowest BCUT2D eigenvalue weighted by atomic mass is 9.94. The number of carbonyl (C=O) groups is 1. The summed E-state index contributed by atoms with van der Waals surface area (Å²) in [6.07, 6.45) is 0.433. The Labute approximate surface area is 71.1 Å². The molecule has 11 heavy (non-hydrogen) atoms. The smallest absolute Gasteiger partial charge is 0.156 e. The minimum Gasteiger partial charge on any atom is -0.373 e. The molecule has 2 aliphatic rings. The zero-order chi connectivity index (χ0) is 7.84. The monoisotopic (exact) mass is 173 g/mol. The fourth-order valence-electron chi connectivity index (χ4n) is 1.52. The van der Waals surface area contributed by atoms with Gasteiger partial charge in [0, 0.05) is 6.54 Å². The van der Waals surface area contributed by atoms with Gasteiger partial charge in [-0.2, -0.15) is 12.6 Å². The van der Waals surface area contributed by atoms with Crippen LogP contribution in [0.2, 0.25) is 0 Å². The zero-order valence-electron chi connectivity index (χ0n) is 6.19. The van der Waals surface area contributed by atoms with Gasteiger partial charge >= 0.3 is 0 Å². The first-order chi connectivity index (χ1) is 5.31.